The molecule has 0 amide bonds. The fraction of sp³-hybridized carbons (Fsp3) is 0.179. The molecule has 0 fully saturated rings. The maximum absolute atomic E-state index is 13.5. The predicted octanol–water partition coefficient (Wildman–Crippen LogP) is 5.22. The first-order valence-electron chi connectivity index (χ1n) is 11.9. The quantitative estimate of drug-likeness (QED) is 0.243. The molecule has 0 N–H and O–H groups in total. The summed E-state index contributed by atoms with van der Waals surface area (Å²) in [6.07, 6.45) is 1.68. The third-order valence-corrected chi connectivity index (χ3v) is 7.95. The SMILES string of the molecule is COc1cc(OC)c(OC)cc1C=Nn1c(-c2cccs2)csc1=Nc1c(C)n(C)n(-c2ccccc2)c1=O. The van der Waals surface area contributed by atoms with Gasteiger partial charge in [0.15, 0.2) is 17.2 Å². The summed E-state index contributed by atoms with van der Waals surface area (Å²) in [5.74, 6) is 1.69. The first-order valence-corrected chi connectivity index (χ1v) is 13.7. The lowest BCUT2D eigenvalue weighted by molar-refractivity contribution is 0.349. The fourth-order valence-corrected chi connectivity index (χ4v) is 5.77. The van der Waals surface area contributed by atoms with E-state index in [-0.39, 0.29) is 5.56 Å². The van der Waals surface area contributed by atoms with Crippen LogP contribution in [0.4, 0.5) is 5.69 Å². The second-order valence-corrected chi connectivity index (χ2v) is 10.2. The van der Waals surface area contributed by atoms with Crippen LogP contribution in [0.1, 0.15) is 11.3 Å². The van der Waals surface area contributed by atoms with Gasteiger partial charge in [0.2, 0.25) is 4.80 Å². The third kappa shape index (κ3) is 4.93. The van der Waals surface area contributed by atoms with Crippen LogP contribution in [0.2, 0.25) is 0 Å². The van der Waals surface area contributed by atoms with Gasteiger partial charge in [0.25, 0.3) is 5.56 Å². The Balaban J connectivity index is 1.68. The number of aromatic nitrogens is 3. The molecule has 0 aliphatic heterocycles. The molecule has 5 aromatic rings. The third-order valence-electron chi connectivity index (χ3n) is 6.24. The van der Waals surface area contributed by atoms with Crippen molar-refractivity contribution in [3.8, 4) is 33.5 Å². The Kier molecular flexibility index (Phi) is 7.53. The van der Waals surface area contributed by atoms with Crippen molar-refractivity contribution in [3.63, 3.8) is 0 Å². The van der Waals surface area contributed by atoms with E-state index in [0.29, 0.717) is 33.3 Å². The lowest BCUT2D eigenvalue weighted by Gasteiger charge is -2.12. The monoisotopic (exact) mass is 561 g/mol. The van der Waals surface area contributed by atoms with Crippen molar-refractivity contribution in [2.45, 2.75) is 6.92 Å². The van der Waals surface area contributed by atoms with Gasteiger partial charge in [0, 0.05) is 24.1 Å². The standard InChI is InChI=1S/C28H27N5O4S2/c1-18-26(27(34)33(31(18)2)20-10-7-6-8-11-20)30-28-32(21(17-39-28)25-12-9-13-38-25)29-16-19-14-23(36-4)24(37-5)15-22(19)35-3/h6-17H,1-5H3. The van der Waals surface area contributed by atoms with Gasteiger partial charge in [-0.25, -0.2) is 14.4 Å². The molecule has 200 valence electrons. The maximum atomic E-state index is 13.5. The molecular formula is C28H27N5O4S2. The van der Waals surface area contributed by atoms with E-state index >= 15 is 0 Å². The molecule has 0 unspecified atom stereocenters. The summed E-state index contributed by atoms with van der Waals surface area (Å²) in [5.41, 5.74) is 3.22. The summed E-state index contributed by atoms with van der Waals surface area (Å²) in [4.78, 5) is 19.9. The highest BCUT2D eigenvalue weighted by atomic mass is 32.1. The van der Waals surface area contributed by atoms with E-state index in [0.717, 1.165) is 22.0 Å². The molecule has 3 heterocycles. The van der Waals surface area contributed by atoms with E-state index in [1.165, 1.54) is 11.3 Å². The van der Waals surface area contributed by atoms with Crippen molar-refractivity contribution in [2.24, 2.45) is 17.1 Å². The largest absolute Gasteiger partial charge is 0.496 e. The Morgan fingerprint density at radius 2 is 1.62 bits per heavy atom. The number of ether oxygens (including phenoxy) is 3. The van der Waals surface area contributed by atoms with Crippen LogP contribution in [0.25, 0.3) is 16.3 Å². The summed E-state index contributed by atoms with van der Waals surface area (Å²) < 4.78 is 21.6. The fourth-order valence-electron chi connectivity index (χ4n) is 4.14. The van der Waals surface area contributed by atoms with Crippen LogP contribution in [0.3, 0.4) is 0 Å². The number of methoxy groups -OCH3 is 3. The van der Waals surface area contributed by atoms with Gasteiger partial charge < -0.3 is 14.2 Å². The number of nitrogens with zero attached hydrogens (tertiary/aromatic N) is 5. The van der Waals surface area contributed by atoms with Crippen LogP contribution in [-0.2, 0) is 7.05 Å². The molecule has 0 saturated heterocycles. The number of hydrogen-bond donors (Lipinski definition) is 0. The van der Waals surface area contributed by atoms with Crippen LogP contribution in [0.15, 0.2) is 80.2 Å². The molecule has 0 atom stereocenters. The predicted molar refractivity (Wildman–Crippen MR) is 156 cm³/mol. The molecular weight excluding hydrogens is 534 g/mol. The van der Waals surface area contributed by atoms with E-state index < -0.39 is 0 Å². The molecule has 2 aromatic carbocycles. The van der Waals surface area contributed by atoms with E-state index in [1.54, 1.807) is 60.4 Å². The Bertz CT molecular complexity index is 1760. The number of thiazole rings is 1. The summed E-state index contributed by atoms with van der Waals surface area (Å²) >= 11 is 3.01. The normalized spacial score (nSPS) is 11.9. The Morgan fingerprint density at radius 3 is 2.28 bits per heavy atom. The van der Waals surface area contributed by atoms with E-state index in [9.17, 15) is 4.79 Å². The second-order valence-electron chi connectivity index (χ2n) is 8.41. The number of benzene rings is 2. The van der Waals surface area contributed by atoms with Gasteiger partial charge in [-0.3, -0.25) is 9.48 Å². The molecule has 0 saturated carbocycles. The zero-order valence-electron chi connectivity index (χ0n) is 22.1. The summed E-state index contributed by atoms with van der Waals surface area (Å²) in [6, 6.07) is 17.1. The van der Waals surface area contributed by atoms with Gasteiger partial charge in [-0.1, -0.05) is 24.3 Å². The molecule has 0 aliphatic carbocycles. The highest BCUT2D eigenvalue weighted by Crippen LogP contribution is 2.34. The zero-order valence-corrected chi connectivity index (χ0v) is 23.7. The van der Waals surface area contributed by atoms with Gasteiger partial charge in [-0.2, -0.15) is 5.10 Å². The molecule has 5 rings (SSSR count). The topological polar surface area (TPSA) is 84.3 Å². The highest BCUT2D eigenvalue weighted by molar-refractivity contribution is 7.14. The van der Waals surface area contributed by atoms with Gasteiger partial charge in [0.1, 0.15) is 5.75 Å². The van der Waals surface area contributed by atoms with Crippen molar-refractivity contribution in [3.05, 3.63) is 91.8 Å². The van der Waals surface area contributed by atoms with Crippen LogP contribution >= 0.6 is 22.7 Å². The van der Waals surface area contributed by atoms with E-state index in [1.807, 2.05) is 71.9 Å². The molecule has 3 aromatic heterocycles. The molecule has 0 aliphatic rings. The van der Waals surface area contributed by atoms with E-state index in [4.69, 9.17) is 24.3 Å². The summed E-state index contributed by atoms with van der Waals surface area (Å²) in [6.45, 7) is 1.88. The van der Waals surface area contributed by atoms with Crippen molar-refractivity contribution in [1.29, 1.82) is 0 Å². The van der Waals surface area contributed by atoms with Gasteiger partial charge in [-0.15, -0.1) is 22.7 Å². The second kappa shape index (κ2) is 11.2. The van der Waals surface area contributed by atoms with Crippen molar-refractivity contribution in [2.75, 3.05) is 21.3 Å². The average molecular weight is 562 g/mol. The molecule has 39 heavy (non-hydrogen) atoms. The minimum absolute atomic E-state index is 0.204. The molecule has 0 bridgehead atoms. The van der Waals surface area contributed by atoms with Gasteiger partial charge in [0.05, 0.1) is 49.5 Å². The number of thiophene rings is 1. The minimum atomic E-state index is -0.204. The van der Waals surface area contributed by atoms with Crippen molar-refractivity contribution >= 4 is 34.6 Å². The molecule has 9 nitrogen and oxygen atoms in total. The van der Waals surface area contributed by atoms with Crippen LogP contribution in [-0.4, -0.2) is 41.6 Å². The van der Waals surface area contributed by atoms with Crippen LogP contribution in [0.5, 0.6) is 17.2 Å². The highest BCUT2D eigenvalue weighted by Gasteiger charge is 2.17. The summed E-state index contributed by atoms with van der Waals surface area (Å²) in [7, 11) is 6.59. The number of rotatable bonds is 8. The average Bonchev–Trinajstić information content (AvgIpc) is 3.68. The minimum Gasteiger partial charge on any atom is -0.496 e. The zero-order chi connectivity index (χ0) is 27.5. The lowest BCUT2D eigenvalue weighted by atomic mass is 10.2. The van der Waals surface area contributed by atoms with Crippen LogP contribution < -0.4 is 24.6 Å². The number of para-hydroxylation sites is 1. The maximum Gasteiger partial charge on any atom is 0.297 e. The van der Waals surface area contributed by atoms with Crippen molar-refractivity contribution in [1.82, 2.24) is 14.0 Å². The molecule has 0 radical (unpaired) electrons. The first-order chi connectivity index (χ1) is 19.0. The Labute approximate surface area is 233 Å². The van der Waals surface area contributed by atoms with Gasteiger partial charge in [-0.05, 0) is 36.6 Å². The first kappa shape index (κ1) is 26.3. The summed E-state index contributed by atoms with van der Waals surface area (Å²) in [5, 5.41) is 8.79. The smallest absolute Gasteiger partial charge is 0.297 e. The van der Waals surface area contributed by atoms with E-state index in [2.05, 4.69) is 0 Å². The molecule has 0 spiro atoms. The Morgan fingerprint density at radius 1 is 0.897 bits per heavy atom. The Hall–Kier alpha value is -4.35. The van der Waals surface area contributed by atoms with Gasteiger partial charge >= 0.3 is 0 Å². The number of hydrogen-bond acceptors (Lipinski definition) is 8. The molecule has 11 heteroatoms. The lowest BCUT2D eigenvalue weighted by Crippen LogP contribution is -2.19. The van der Waals surface area contributed by atoms with Crippen LogP contribution in [0, 0.1) is 6.92 Å². The van der Waals surface area contributed by atoms with Crippen molar-refractivity contribution < 1.29 is 14.2 Å².